The number of aliphatic hydroxyl groups excluding tert-OH is 1. The van der Waals surface area contributed by atoms with Crippen LogP contribution in [0.25, 0.3) is 0 Å². The highest BCUT2D eigenvalue weighted by Gasteiger charge is 2.52. The molecule has 1 fully saturated rings. The van der Waals surface area contributed by atoms with E-state index in [0.29, 0.717) is 0 Å². The number of hydrazine groups is 1. The summed E-state index contributed by atoms with van der Waals surface area (Å²) in [6, 6.07) is 12.0. The average Bonchev–Trinajstić information content (AvgIpc) is 3.27. The lowest BCUT2D eigenvalue weighted by Crippen LogP contribution is -2.55. The Morgan fingerprint density at radius 2 is 1.85 bits per heavy atom. The van der Waals surface area contributed by atoms with E-state index in [9.17, 15) is 14.7 Å². The number of carbonyl (C=O) groups is 2. The highest BCUT2D eigenvalue weighted by molar-refractivity contribution is 7.10. The number of rotatable bonds is 4. The highest BCUT2D eigenvalue weighted by atomic mass is 32.1. The summed E-state index contributed by atoms with van der Waals surface area (Å²) in [5.74, 6) is -1.04. The number of likely N-dealkylation sites (N-methyl/N-ethyl adjacent to an activating group) is 1. The van der Waals surface area contributed by atoms with Crippen molar-refractivity contribution >= 4 is 28.8 Å². The molecule has 1 aromatic carbocycles. The topological polar surface area (TPSA) is 72.9 Å². The summed E-state index contributed by atoms with van der Waals surface area (Å²) in [5, 5.41) is 14.5. The van der Waals surface area contributed by atoms with Crippen LogP contribution in [0, 0.1) is 5.92 Å². The van der Waals surface area contributed by atoms with Gasteiger partial charge in [-0.1, -0.05) is 36.4 Å². The maximum Gasteiger partial charge on any atom is 0.249 e. The number of para-hydroxylation sites is 1. The number of benzene rings is 1. The summed E-state index contributed by atoms with van der Waals surface area (Å²) in [6.45, 7) is 0. The minimum Gasteiger partial charge on any atom is -0.386 e. The third-order valence-electron chi connectivity index (χ3n) is 4.87. The molecule has 2 amide bonds. The van der Waals surface area contributed by atoms with Crippen LogP contribution in [-0.4, -0.2) is 46.0 Å². The van der Waals surface area contributed by atoms with Crippen LogP contribution < -0.4 is 5.43 Å². The summed E-state index contributed by atoms with van der Waals surface area (Å²) < 4.78 is 0. The lowest BCUT2D eigenvalue weighted by Gasteiger charge is -2.40. The molecule has 1 saturated heterocycles. The van der Waals surface area contributed by atoms with Gasteiger partial charge in [-0.3, -0.25) is 14.5 Å². The van der Waals surface area contributed by atoms with Gasteiger partial charge in [0.25, 0.3) is 0 Å². The van der Waals surface area contributed by atoms with E-state index in [4.69, 9.17) is 0 Å². The van der Waals surface area contributed by atoms with Gasteiger partial charge in [-0.05, 0) is 23.6 Å². The molecule has 2 aliphatic heterocycles. The molecule has 0 aliphatic carbocycles. The summed E-state index contributed by atoms with van der Waals surface area (Å²) in [7, 11) is 1.50. The molecule has 4 atom stereocenters. The molecule has 0 bridgehead atoms. The molecule has 134 valence electrons. The fourth-order valence-corrected chi connectivity index (χ4v) is 4.25. The fraction of sp³-hybridized carbons (Fsp3) is 0.263. The maximum absolute atomic E-state index is 12.7. The molecular weight excluding hydrogens is 350 g/mol. The Morgan fingerprint density at radius 1 is 1.08 bits per heavy atom. The standard InChI is InChI=1S/C19H19N3O3S/c1-21-18(24)13-9-10-14(17(23)15-8-5-11-26-15)22(16(13)19(21)25)20-12-6-3-2-4-7-12/h2-11,13-14,16-17,20,23H,1H3. The van der Waals surface area contributed by atoms with Gasteiger partial charge in [-0.2, -0.15) is 0 Å². The zero-order valence-corrected chi connectivity index (χ0v) is 15.0. The van der Waals surface area contributed by atoms with Gasteiger partial charge in [-0.15, -0.1) is 11.3 Å². The minimum atomic E-state index is -0.808. The Hall–Kier alpha value is -2.48. The van der Waals surface area contributed by atoms with Crippen molar-refractivity contribution in [2.24, 2.45) is 5.92 Å². The summed E-state index contributed by atoms with van der Waals surface area (Å²) in [6.07, 6.45) is 2.75. The molecule has 3 heterocycles. The molecule has 2 N–H and O–H groups in total. The smallest absolute Gasteiger partial charge is 0.249 e. The predicted octanol–water partition coefficient (Wildman–Crippen LogP) is 2.03. The van der Waals surface area contributed by atoms with Crippen LogP contribution in [0.5, 0.6) is 0 Å². The third kappa shape index (κ3) is 2.74. The van der Waals surface area contributed by atoms with E-state index in [1.807, 2.05) is 53.9 Å². The summed E-state index contributed by atoms with van der Waals surface area (Å²) in [5.41, 5.74) is 4.04. The monoisotopic (exact) mass is 369 g/mol. The summed E-state index contributed by atoms with van der Waals surface area (Å²) in [4.78, 5) is 27.1. The van der Waals surface area contributed by atoms with Gasteiger partial charge in [0.1, 0.15) is 12.1 Å². The van der Waals surface area contributed by atoms with E-state index in [-0.39, 0.29) is 11.8 Å². The molecule has 1 aromatic heterocycles. The van der Waals surface area contributed by atoms with Crippen molar-refractivity contribution in [1.29, 1.82) is 0 Å². The Kier molecular flexibility index (Phi) is 4.36. The number of nitrogens with zero attached hydrogens (tertiary/aromatic N) is 2. The van der Waals surface area contributed by atoms with Crippen molar-refractivity contribution in [3.05, 3.63) is 64.9 Å². The van der Waals surface area contributed by atoms with Gasteiger partial charge < -0.3 is 10.5 Å². The Morgan fingerprint density at radius 3 is 2.54 bits per heavy atom. The first-order valence-corrected chi connectivity index (χ1v) is 9.27. The van der Waals surface area contributed by atoms with Crippen LogP contribution in [0.4, 0.5) is 5.69 Å². The van der Waals surface area contributed by atoms with Crippen LogP contribution in [-0.2, 0) is 9.59 Å². The number of nitrogens with one attached hydrogen (secondary N) is 1. The fourth-order valence-electron chi connectivity index (χ4n) is 3.50. The van der Waals surface area contributed by atoms with Crippen molar-refractivity contribution < 1.29 is 14.7 Å². The highest BCUT2D eigenvalue weighted by Crippen LogP contribution is 2.36. The van der Waals surface area contributed by atoms with Crippen LogP contribution in [0.3, 0.4) is 0 Å². The van der Waals surface area contributed by atoms with Gasteiger partial charge in [-0.25, -0.2) is 5.01 Å². The summed E-state index contributed by atoms with van der Waals surface area (Å²) >= 11 is 1.46. The molecule has 6 nitrogen and oxygen atoms in total. The number of carbonyl (C=O) groups excluding carboxylic acids is 2. The lowest BCUT2D eigenvalue weighted by atomic mass is 9.92. The molecule has 4 unspecified atom stereocenters. The number of aliphatic hydroxyl groups is 1. The molecule has 7 heteroatoms. The largest absolute Gasteiger partial charge is 0.386 e. The predicted molar refractivity (Wildman–Crippen MR) is 99.2 cm³/mol. The van der Waals surface area contributed by atoms with Crippen LogP contribution in [0.2, 0.25) is 0 Å². The van der Waals surface area contributed by atoms with E-state index < -0.39 is 24.1 Å². The number of hydrogen-bond donors (Lipinski definition) is 2. The Balaban J connectivity index is 1.72. The van der Waals surface area contributed by atoms with Crippen LogP contribution >= 0.6 is 11.3 Å². The molecule has 2 aromatic rings. The van der Waals surface area contributed by atoms with E-state index in [2.05, 4.69) is 5.43 Å². The SMILES string of the molecule is CN1C(=O)C2C=CC(C(O)c3cccs3)N(Nc3ccccc3)C2C1=O. The molecule has 26 heavy (non-hydrogen) atoms. The van der Waals surface area contributed by atoms with E-state index in [1.54, 1.807) is 11.1 Å². The number of fused-ring (bicyclic) bond motifs is 1. The number of likely N-dealkylation sites (tertiary alicyclic amines) is 1. The van der Waals surface area contributed by atoms with Gasteiger partial charge in [0.05, 0.1) is 12.0 Å². The molecular formula is C19H19N3O3S. The minimum absolute atomic E-state index is 0.222. The number of thiophene rings is 1. The first-order chi connectivity index (χ1) is 12.6. The maximum atomic E-state index is 12.7. The molecule has 2 aliphatic rings. The zero-order valence-electron chi connectivity index (χ0n) is 14.1. The van der Waals surface area contributed by atoms with Gasteiger partial charge in [0.2, 0.25) is 11.8 Å². The molecule has 0 spiro atoms. The van der Waals surface area contributed by atoms with Crippen molar-refractivity contribution in [1.82, 2.24) is 9.91 Å². The van der Waals surface area contributed by atoms with Crippen molar-refractivity contribution in [2.45, 2.75) is 18.2 Å². The number of hydrogen-bond acceptors (Lipinski definition) is 6. The van der Waals surface area contributed by atoms with Gasteiger partial charge in [0, 0.05) is 17.6 Å². The van der Waals surface area contributed by atoms with Crippen molar-refractivity contribution in [3.8, 4) is 0 Å². The van der Waals surface area contributed by atoms with E-state index in [0.717, 1.165) is 10.6 Å². The lowest BCUT2D eigenvalue weighted by molar-refractivity contribution is -0.138. The number of anilines is 1. The quantitative estimate of drug-likeness (QED) is 0.637. The second kappa shape index (κ2) is 6.68. The van der Waals surface area contributed by atoms with Crippen LogP contribution in [0.1, 0.15) is 11.0 Å². The molecule has 0 saturated carbocycles. The average molecular weight is 369 g/mol. The van der Waals surface area contributed by atoms with Crippen LogP contribution in [0.15, 0.2) is 60.0 Å². The second-order valence-corrected chi connectivity index (χ2v) is 7.41. The molecule has 4 rings (SSSR count). The zero-order chi connectivity index (χ0) is 18.3. The van der Waals surface area contributed by atoms with E-state index in [1.165, 1.54) is 23.3 Å². The van der Waals surface area contributed by atoms with E-state index >= 15 is 0 Å². The van der Waals surface area contributed by atoms with Crippen molar-refractivity contribution in [3.63, 3.8) is 0 Å². The normalized spacial score (nSPS) is 26.8. The first-order valence-electron chi connectivity index (χ1n) is 8.39. The molecule has 0 radical (unpaired) electrons. The Bertz CT molecular complexity index is 837. The second-order valence-electron chi connectivity index (χ2n) is 6.43. The van der Waals surface area contributed by atoms with Gasteiger partial charge >= 0.3 is 0 Å². The van der Waals surface area contributed by atoms with Gasteiger partial charge in [0.15, 0.2) is 0 Å². The number of amides is 2. The number of imide groups is 1. The Labute approximate surface area is 155 Å². The third-order valence-corrected chi connectivity index (χ3v) is 5.81. The first kappa shape index (κ1) is 17.0. The van der Waals surface area contributed by atoms with Crippen molar-refractivity contribution in [2.75, 3.05) is 12.5 Å².